The van der Waals surface area contributed by atoms with E-state index in [0.29, 0.717) is 0 Å². The molecule has 138 valence electrons. The summed E-state index contributed by atoms with van der Waals surface area (Å²) in [6.07, 6.45) is 2.21. The molecule has 0 saturated heterocycles. The molecule has 8 rings (SSSR count). The summed E-state index contributed by atoms with van der Waals surface area (Å²) in [6.45, 7) is 0. The third-order valence-electron chi connectivity index (χ3n) is 7.16. The average molecular weight is 397 g/mol. The van der Waals surface area contributed by atoms with Gasteiger partial charge in [-0.3, -0.25) is 0 Å². The summed E-state index contributed by atoms with van der Waals surface area (Å²) in [5, 5.41) is 19.6. The van der Waals surface area contributed by atoms with E-state index in [0.717, 1.165) is 0 Å². The molecule has 0 aromatic heterocycles. The molecular formula is C29H16S. The van der Waals surface area contributed by atoms with Crippen molar-refractivity contribution >= 4 is 87.2 Å². The fourth-order valence-electron chi connectivity index (χ4n) is 6.14. The minimum absolute atomic E-state index is 1.34. The smallest absolute Gasteiger partial charge is 0.0227 e. The van der Waals surface area contributed by atoms with Crippen LogP contribution in [-0.4, -0.2) is 6.26 Å². The standard InChI is InChI=1S/C29H16S/c1-30-29-21-12-4-10-19-17-8-2-6-15-14-16-7-3-9-18-20-11-5-13-22(29)26(20)28(25(19)21)27(23(15)17)24(16)18/h2-14H,1H3. The Morgan fingerprint density at radius 1 is 0.433 bits per heavy atom. The van der Waals surface area contributed by atoms with Crippen LogP contribution in [0.1, 0.15) is 0 Å². The minimum atomic E-state index is 1.34. The number of hydrogen-bond acceptors (Lipinski definition) is 1. The molecule has 0 saturated carbocycles. The van der Waals surface area contributed by atoms with Gasteiger partial charge in [-0.25, -0.2) is 0 Å². The summed E-state index contributed by atoms with van der Waals surface area (Å²) in [6, 6.07) is 29.7. The van der Waals surface area contributed by atoms with E-state index in [1.54, 1.807) is 0 Å². The van der Waals surface area contributed by atoms with Crippen molar-refractivity contribution in [3.05, 3.63) is 78.9 Å². The molecule has 0 unspecified atom stereocenters. The Hall–Kier alpha value is -3.29. The fraction of sp³-hybridized carbons (Fsp3) is 0.0345. The first-order valence-electron chi connectivity index (χ1n) is 10.4. The van der Waals surface area contributed by atoms with Gasteiger partial charge in [0.05, 0.1) is 0 Å². The molecular weight excluding hydrogens is 380 g/mol. The van der Waals surface area contributed by atoms with Gasteiger partial charge >= 0.3 is 0 Å². The van der Waals surface area contributed by atoms with Crippen molar-refractivity contribution < 1.29 is 0 Å². The highest BCUT2D eigenvalue weighted by atomic mass is 32.2. The summed E-state index contributed by atoms with van der Waals surface area (Å²) in [4.78, 5) is 1.40. The van der Waals surface area contributed by atoms with E-state index in [-0.39, 0.29) is 0 Å². The van der Waals surface area contributed by atoms with Crippen LogP contribution in [0.25, 0.3) is 75.4 Å². The molecule has 0 spiro atoms. The number of benzene rings is 8. The maximum atomic E-state index is 2.38. The molecule has 30 heavy (non-hydrogen) atoms. The lowest BCUT2D eigenvalue weighted by atomic mass is 9.81. The van der Waals surface area contributed by atoms with E-state index in [9.17, 15) is 0 Å². The van der Waals surface area contributed by atoms with Crippen molar-refractivity contribution in [1.82, 2.24) is 0 Å². The van der Waals surface area contributed by atoms with Crippen LogP contribution in [0.5, 0.6) is 0 Å². The van der Waals surface area contributed by atoms with Gasteiger partial charge in [0.2, 0.25) is 0 Å². The van der Waals surface area contributed by atoms with Gasteiger partial charge in [0.1, 0.15) is 0 Å². The minimum Gasteiger partial charge on any atom is -0.128 e. The lowest BCUT2D eigenvalue weighted by Crippen LogP contribution is -1.95. The van der Waals surface area contributed by atoms with Crippen molar-refractivity contribution in [3.63, 3.8) is 0 Å². The predicted octanol–water partition coefficient (Wildman–Crippen LogP) is 8.79. The quantitative estimate of drug-likeness (QED) is 0.152. The predicted molar refractivity (Wildman–Crippen MR) is 134 cm³/mol. The number of fused-ring (bicyclic) bond motifs is 2. The molecule has 0 heterocycles. The third kappa shape index (κ3) is 1.55. The largest absolute Gasteiger partial charge is 0.128 e. The summed E-state index contributed by atoms with van der Waals surface area (Å²) in [5.41, 5.74) is 0. The second-order valence-electron chi connectivity index (χ2n) is 8.42. The zero-order chi connectivity index (χ0) is 19.6. The molecule has 0 radical (unpaired) electrons. The van der Waals surface area contributed by atoms with Gasteiger partial charge < -0.3 is 0 Å². The number of rotatable bonds is 1. The average Bonchev–Trinajstić information content (AvgIpc) is 2.80. The normalized spacial score (nSPS) is 13.0. The molecule has 0 fully saturated rings. The van der Waals surface area contributed by atoms with E-state index < -0.39 is 0 Å². The van der Waals surface area contributed by atoms with E-state index in [4.69, 9.17) is 0 Å². The lowest BCUT2D eigenvalue weighted by Gasteiger charge is -2.23. The van der Waals surface area contributed by atoms with Gasteiger partial charge in [-0.2, -0.15) is 0 Å². The molecule has 0 nitrogen and oxygen atoms in total. The highest BCUT2D eigenvalue weighted by molar-refractivity contribution is 7.99. The fourth-order valence-corrected chi connectivity index (χ4v) is 6.92. The van der Waals surface area contributed by atoms with Crippen molar-refractivity contribution in [2.75, 3.05) is 6.26 Å². The van der Waals surface area contributed by atoms with E-state index in [1.165, 1.54) is 80.3 Å². The molecule has 0 aliphatic heterocycles. The van der Waals surface area contributed by atoms with Crippen LogP contribution < -0.4 is 0 Å². The zero-order valence-electron chi connectivity index (χ0n) is 16.4. The van der Waals surface area contributed by atoms with Crippen LogP contribution in [0, 0.1) is 0 Å². The van der Waals surface area contributed by atoms with Crippen LogP contribution in [0.3, 0.4) is 0 Å². The molecule has 8 aromatic carbocycles. The first-order chi connectivity index (χ1) is 14.9. The van der Waals surface area contributed by atoms with Crippen molar-refractivity contribution in [2.45, 2.75) is 4.90 Å². The molecule has 0 amide bonds. The van der Waals surface area contributed by atoms with Gasteiger partial charge in [0.15, 0.2) is 0 Å². The van der Waals surface area contributed by atoms with Crippen molar-refractivity contribution in [3.8, 4) is 0 Å². The van der Waals surface area contributed by atoms with Gasteiger partial charge in [-0.15, -0.1) is 11.8 Å². The molecule has 1 heteroatoms. The highest BCUT2D eigenvalue weighted by Crippen LogP contribution is 2.52. The molecule has 8 aromatic rings. The Kier molecular flexibility index (Phi) is 2.62. The van der Waals surface area contributed by atoms with E-state index >= 15 is 0 Å². The first-order valence-corrected chi connectivity index (χ1v) is 11.6. The summed E-state index contributed by atoms with van der Waals surface area (Å²) < 4.78 is 0. The second kappa shape index (κ2) is 5.06. The van der Waals surface area contributed by atoms with Crippen LogP contribution in [0.2, 0.25) is 0 Å². The molecule has 0 bridgehead atoms. The summed E-state index contributed by atoms with van der Waals surface area (Å²) in [7, 11) is 0. The Morgan fingerprint density at radius 2 is 0.833 bits per heavy atom. The summed E-state index contributed by atoms with van der Waals surface area (Å²) >= 11 is 1.88. The molecule has 0 aliphatic carbocycles. The van der Waals surface area contributed by atoms with Gasteiger partial charge in [-0.1, -0.05) is 72.8 Å². The lowest BCUT2D eigenvalue weighted by molar-refractivity contribution is 1.66. The van der Waals surface area contributed by atoms with Crippen LogP contribution in [0.4, 0.5) is 0 Å². The zero-order valence-corrected chi connectivity index (χ0v) is 17.2. The Morgan fingerprint density at radius 3 is 1.33 bits per heavy atom. The Balaban J connectivity index is 1.96. The number of hydrogen-bond donors (Lipinski definition) is 0. The van der Waals surface area contributed by atoms with Gasteiger partial charge in [0.25, 0.3) is 0 Å². The van der Waals surface area contributed by atoms with Crippen LogP contribution in [-0.2, 0) is 0 Å². The topological polar surface area (TPSA) is 0 Å². The van der Waals surface area contributed by atoms with Crippen molar-refractivity contribution in [2.24, 2.45) is 0 Å². The first kappa shape index (κ1) is 15.5. The van der Waals surface area contributed by atoms with Crippen molar-refractivity contribution in [1.29, 1.82) is 0 Å². The number of thioether (sulfide) groups is 1. The van der Waals surface area contributed by atoms with E-state index in [1.807, 2.05) is 11.8 Å². The third-order valence-corrected chi connectivity index (χ3v) is 8.01. The monoisotopic (exact) mass is 396 g/mol. The Bertz CT molecular complexity index is 1790. The summed E-state index contributed by atoms with van der Waals surface area (Å²) in [5.74, 6) is 0. The van der Waals surface area contributed by atoms with Crippen LogP contribution in [0.15, 0.2) is 83.8 Å². The molecule has 0 atom stereocenters. The highest BCUT2D eigenvalue weighted by Gasteiger charge is 2.23. The maximum absolute atomic E-state index is 2.38. The SMILES string of the molecule is CSc1c2cccc3c4cccc5cc6cccc7c8cccc1c8c(c23)c(c54)c67. The van der Waals surface area contributed by atoms with Gasteiger partial charge in [-0.05, 0) is 87.7 Å². The molecule has 0 N–H and O–H groups in total. The van der Waals surface area contributed by atoms with Crippen LogP contribution >= 0.6 is 11.8 Å². The Labute approximate surface area is 177 Å². The molecule has 0 aliphatic rings. The second-order valence-corrected chi connectivity index (χ2v) is 9.24. The van der Waals surface area contributed by atoms with E-state index in [2.05, 4.69) is 85.1 Å². The van der Waals surface area contributed by atoms with Gasteiger partial charge in [0, 0.05) is 4.90 Å². The maximum Gasteiger partial charge on any atom is 0.0227 e.